The van der Waals surface area contributed by atoms with Gasteiger partial charge >= 0.3 is 0 Å². The van der Waals surface area contributed by atoms with Crippen LogP contribution >= 0.6 is 0 Å². The lowest BCUT2D eigenvalue weighted by molar-refractivity contribution is -0.131. The zero-order valence-electron chi connectivity index (χ0n) is 81.4. The minimum Gasteiger partial charge on any atom is -0.386 e. The number of piperazine rings is 4. The molecule has 1 aliphatic carbocycles. The Hall–Kier alpha value is -6.86. The minimum atomic E-state index is -0.489. The third-order valence-corrected chi connectivity index (χ3v) is 29.1. The van der Waals surface area contributed by atoms with E-state index in [1.54, 1.807) is 0 Å². The number of nitrogens with zero attached hydrogens (tertiary/aromatic N) is 9. The zero-order chi connectivity index (χ0) is 89.3. The van der Waals surface area contributed by atoms with E-state index in [2.05, 4.69) is 330 Å². The quantitative estimate of drug-likeness (QED) is 0.0803. The van der Waals surface area contributed by atoms with Crippen molar-refractivity contribution in [3.63, 3.8) is 0 Å². The molecule has 15 heteroatoms. The molecule has 11 aliphatic rings. The second kappa shape index (κ2) is 48.3. The summed E-state index contributed by atoms with van der Waals surface area (Å²) < 4.78 is 21.5. The number of aliphatic hydroxyl groups is 1. The number of β-amino-alcohol motifs (C(OH)–C–C–N with tert-alkyl or cyclic N) is 1. The molecule has 0 amide bonds. The van der Waals surface area contributed by atoms with Crippen LogP contribution in [0.25, 0.3) is 0 Å². The Morgan fingerprint density at radius 3 is 1.01 bits per heavy atom. The highest BCUT2D eigenvalue weighted by Crippen LogP contribution is 2.36. The van der Waals surface area contributed by atoms with Crippen LogP contribution < -0.4 is 29.8 Å². The molecule has 0 spiro atoms. The molecule has 1 saturated carbocycles. The van der Waals surface area contributed by atoms with Crippen LogP contribution in [0, 0.1) is 5.92 Å². The number of hydrogen-bond donors (Lipinski definition) is 2. The highest BCUT2D eigenvalue weighted by molar-refractivity contribution is 5.54. The van der Waals surface area contributed by atoms with Gasteiger partial charge in [0, 0.05) is 197 Å². The molecule has 1 atom stereocenters. The molecule has 0 radical (unpaired) electrons. The van der Waals surface area contributed by atoms with Crippen molar-refractivity contribution in [3.8, 4) is 0 Å². The second-order valence-electron chi connectivity index (χ2n) is 41.3. The van der Waals surface area contributed by atoms with Gasteiger partial charge in [0.2, 0.25) is 0 Å². The van der Waals surface area contributed by atoms with Gasteiger partial charge in [0.05, 0.1) is 37.6 Å². The van der Waals surface area contributed by atoms with E-state index in [1.165, 1.54) is 202 Å². The van der Waals surface area contributed by atoms with Gasteiger partial charge in [-0.05, 0) is 249 Å². The number of nitrogens with one attached hydrogen (secondary N) is 1. The Labute approximate surface area is 765 Å². The number of hydrogen-bond acceptors (Lipinski definition) is 15. The van der Waals surface area contributed by atoms with Crippen LogP contribution in [0.2, 0.25) is 0 Å². The molecule has 0 aromatic heterocycles. The van der Waals surface area contributed by atoms with Crippen molar-refractivity contribution in [2.45, 2.75) is 258 Å². The van der Waals surface area contributed by atoms with Crippen molar-refractivity contribution in [1.82, 2.24) is 24.9 Å². The molecule has 15 nitrogen and oxygen atoms in total. The van der Waals surface area contributed by atoms with Gasteiger partial charge in [-0.25, -0.2) is 0 Å². The van der Waals surface area contributed by atoms with Crippen LogP contribution in [-0.2, 0) is 18.9 Å². The van der Waals surface area contributed by atoms with E-state index in [0.717, 1.165) is 148 Å². The predicted molar refractivity (Wildman–Crippen MR) is 534 cm³/mol. The lowest BCUT2D eigenvalue weighted by Crippen LogP contribution is -2.64. The van der Waals surface area contributed by atoms with Gasteiger partial charge in [0.1, 0.15) is 0 Å². The van der Waals surface area contributed by atoms with Gasteiger partial charge in [-0.2, -0.15) is 0 Å². The molecular weight excluding hydrogens is 1550 g/mol. The van der Waals surface area contributed by atoms with E-state index in [4.69, 9.17) is 18.9 Å². The molecule has 10 aliphatic heterocycles. The standard InChI is InChI=1S/C18H28N2O.C18H28N2.2C17H26N2O.C14H21N.C14H20O.C13H19NO/c1-15(2)16-3-5-17(6-4-16)19-9-11-20(12-10-19)18-7-13-21-14-8-18;1-14(2)16-7-9-17(10-8-16)19-11-12-20(15(3)13-19)18-5-4-6-18;1-14(2)15-4-6-16(7-5-15)18-8-10-19(11-9-18)17(3)12-20-13-17;1-14(2)16-3-5-17(6-4-16)19-9-7-18(8-10-19)11-15-12-20-13-15;2*1-11(2)12-3-5-13(6-4-12)14-7-9-15-10-8-14;1-10(2)11-4-6-12(7-5-11)14-8-13(3,15)9-14/h3-6,15,18H,7-14H2,1-2H3;7-10,14-15,18H,4-6,11-13H2,1-3H3;4-7,14H,8-13H2,1-3H3;3-6,14-15H,7-13H2,1-2H3;3-6,11,14-15H,7-10H2,1-2H3;3-6,11,14H,7-10H2,1-2H3;4-7,10,15H,8-9H2,1-3H3/t;15-;;;;;/m.0...../s1. The van der Waals surface area contributed by atoms with Gasteiger partial charge in [-0.15, -0.1) is 0 Å². The molecule has 10 heterocycles. The number of benzene rings is 7. The Morgan fingerprint density at radius 2 is 0.683 bits per heavy atom. The molecule has 18 rings (SSSR count). The smallest absolute Gasteiger partial charge is 0.0967 e. The Bertz CT molecular complexity index is 4100. The first kappa shape index (κ1) is 98.2. The highest BCUT2D eigenvalue weighted by Gasteiger charge is 2.41. The average Bonchev–Trinajstić information content (AvgIpc) is 0.796. The molecule has 2 N–H and O–H groups in total. The summed E-state index contributed by atoms with van der Waals surface area (Å²) in [6.07, 6.45) is 11.7. The first-order chi connectivity index (χ1) is 60.7. The van der Waals surface area contributed by atoms with Crippen LogP contribution in [-0.4, -0.2) is 238 Å². The van der Waals surface area contributed by atoms with Gasteiger partial charge in [-0.1, -0.05) is 213 Å². The van der Waals surface area contributed by atoms with Crippen molar-refractivity contribution < 1.29 is 24.1 Å². The maximum atomic E-state index is 9.65. The summed E-state index contributed by atoms with van der Waals surface area (Å²) in [4.78, 5) is 22.9. The maximum absolute atomic E-state index is 9.65. The lowest BCUT2D eigenvalue weighted by atomic mass is 9.89. The van der Waals surface area contributed by atoms with Gasteiger partial charge < -0.3 is 53.9 Å². The van der Waals surface area contributed by atoms with Crippen LogP contribution in [0.3, 0.4) is 0 Å². The van der Waals surface area contributed by atoms with E-state index in [1.807, 2.05) is 6.92 Å². The zero-order valence-corrected chi connectivity index (χ0v) is 81.4. The summed E-state index contributed by atoms with van der Waals surface area (Å²) in [5, 5.41) is 13.1. The first-order valence-corrected chi connectivity index (χ1v) is 49.9. The molecule has 0 bridgehead atoms. The average molecular weight is 1720 g/mol. The van der Waals surface area contributed by atoms with E-state index in [9.17, 15) is 5.11 Å². The van der Waals surface area contributed by atoms with Crippen LogP contribution in [0.1, 0.15) is 279 Å². The molecule has 126 heavy (non-hydrogen) atoms. The van der Waals surface area contributed by atoms with E-state index in [-0.39, 0.29) is 0 Å². The highest BCUT2D eigenvalue weighted by atomic mass is 16.5. The van der Waals surface area contributed by atoms with Crippen molar-refractivity contribution in [2.75, 3.05) is 208 Å². The fraction of sp³-hybridized carbons (Fsp3) is 0.622. The van der Waals surface area contributed by atoms with E-state index < -0.39 is 5.60 Å². The van der Waals surface area contributed by atoms with Crippen molar-refractivity contribution in [1.29, 1.82) is 0 Å². The summed E-state index contributed by atoms with van der Waals surface area (Å²) in [7, 11) is 0. The van der Waals surface area contributed by atoms with E-state index >= 15 is 0 Å². The molecule has 7 aromatic rings. The SMILES string of the molecule is CC(C)c1ccc(C2CCNCC2)cc1.CC(C)c1ccc(C2CCOCC2)cc1.CC(C)c1ccc(N2CC(C)(O)C2)cc1.CC(C)c1ccc(N2CCN(C3(C)COC3)CC2)cc1.CC(C)c1ccc(N2CCN(C3CCC3)[C@@H](C)C2)cc1.CC(C)c1ccc(N2CCN(C3CCOCC3)CC2)cc1.CC(C)c1ccc(N2CCN(CC3COC3)CC2)cc1. The maximum Gasteiger partial charge on any atom is 0.0967 e. The second-order valence-corrected chi connectivity index (χ2v) is 41.3. The molecule has 0 unspecified atom stereocenters. The molecule has 7 aromatic carbocycles. The van der Waals surface area contributed by atoms with Crippen molar-refractivity contribution >= 4 is 28.4 Å². The van der Waals surface area contributed by atoms with Gasteiger partial charge in [0.25, 0.3) is 0 Å². The fourth-order valence-electron chi connectivity index (χ4n) is 19.7. The van der Waals surface area contributed by atoms with Crippen LogP contribution in [0.4, 0.5) is 28.4 Å². The number of piperidine rings is 1. The third kappa shape index (κ3) is 28.8. The van der Waals surface area contributed by atoms with Gasteiger partial charge in [-0.3, -0.25) is 19.6 Å². The Morgan fingerprint density at radius 1 is 0.349 bits per heavy atom. The van der Waals surface area contributed by atoms with Crippen molar-refractivity contribution in [2.24, 2.45) is 5.92 Å². The van der Waals surface area contributed by atoms with Crippen LogP contribution in [0.15, 0.2) is 170 Å². The Balaban J connectivity index is 0.000000134. The predicted octanol–water partition coefficient (Wildman–Crippen LogP) is 21.6. The fourth-order valence-corrected chi connectivity index (χ4v) is 19.7. The minimum absolute atomic E-state index is 0.299. The molecular formula is C111H168N10O5. The molecule has 11 fully saturated rings. The molecule has 692 valence electrons. The Kier molecular flexibility index (Phi) is 37.7. The monoisotopic (exact) mass is 1720 g/mol. The number of anilines is 5. The first-order valence-electron chi connectivity index (χ1n) is 49.9. The van der Waals surface area contributed by atoms with E-state index in [0.29, 0.717) is 53.0 Å². The number of rotatable bonds is 19. The third-order valence-electron chi connectivity index (χ3n) is 29.1. The summed E-state index contributed by atoms with van der Waals surface area (Å²) in [5.74, 6) is 6.62. The summed E-state index contributed by atoms with van der Waals surface area (Å²) in [6.45, 7) is 68.0. The van der Waals surface area contributed by atoms with Crippen LogP contribution in [0.5, 0.6) is 0 Å². The summed E-state index contributed by atoms with van der Waals surface area (Å²) in [5.41, 5.74) is 19.5. The topological polar surface area (TPSA) is 98.3 Å². The van der Waals surface area contributed by atoms with Crippen molar-refractivity contribution in [3.05, 3.63) is 220 Å². The molecule has 10 saturated heterocycles. The van der Waals surface area contributed by atoms with Gasteiger partial charge in [0.15, 0.2) is 0 Å². The summed E-state index contributed by atoms with van der Waals surface area (Å²) in [6, 6.07) is 65.9. The summed E-state index contributed by atoms with van der Waals surface area (Å²) >= 11 is 0. The largest absolute Gasteiger partial charge is 0.386 e. The normalized spacial score (nSPS) is 21.3. The number of ether oxygens (including phenoxy) is 4. The lowest BCUT2D eigenvalue weighted by Gasteiger charge is -2.50.